The molecule has 1 rings (SSSR count). The van der Waals surface area contributed by atoms with Crippen molar-refractivity contribution in [3.63, 3.8) is 0 Å². The van der Waals surface area contributed by atoms with Crippen molar-refractivity contribution in [2.24, 2.45) is 0 Å². The molecule has 0 spiro atoms. The van der Waals surface area contributed by atoms with Gasteiger partial charge in [0.05, 0.1) is 19.4 Å². The number of ether oxygens (including phenoxy) is 1. The van der Waals surface area contributed by atoms with Crippen LogP contribution in [-0.4, -0.2) is 24.9 Å². The summed E-state index contributed by atoms with van der Waals surface area (Å²) in [6, 6.07) is 3.33. The van der Waals surface area contributed by atoms with Gasteiger partial charge in [-0.2, -0.15) is 0 Å². The predicted octanol–water partition coefficient (Wildman–Crippen LogP) is 0.824. The molecule has 0 aliphatic carbocycles. The highest BCUT2D eigenvalue weighted by molar-refractivity contribution is 6.34. The molecule has 0 unspecified atom stereocenters. The van der Waals surface area contributed by atoms with E-state index in [4.69, 9.17) is 4.42 Å². The minimum atomic E-state index is -0.827. The summed E-state index contributed by atoms with van der Waals surface area (Å²) >= 11 is 0. The van der Waals surface area contributed by atoms with E-state index in [0.717, 1.165) is 0 Å². The molecule has 0 amide bonds. The molecule has 5 nitrogen and oxygen atoms in total. The zero-order chi connectivity index (χ0) is 10.4. The summed E-state index contributed by atoms with van der Waals surface area (Å²) in [5.74, 6) is -1.00. The Labute approximate surface area is 81.0 Å². The Morgan fingerprint density at radius 1 is 1.57 bits per heavy atom. The Morgan fingerprint density at radius 3 is 2.93 bits per heavy atom. The number of hydrogen-bond donors (Lipinski definition) is 1. The van der Waals surface area contributed by atoms with Gasteiger partial charge in [-0.3, -0.25) is 4.79 Å². The number of anilines is 1. The standard InChI is InChI=1S/C9H11NO4/c1-2-13-9(12)7(11)6-10-8-4-3-5-14-8/h3-5,10H,2,6H2,1H3. The summed E-state index contributed by atoms with van der Waals surface area (Å²) < 4.78 is 9.42. The highest BCUT2D eigenvalue weighted by atomic mass is 16.5. The normalized spacial score (nSPS) is 9.50. The first-order chi connectivity index (χ1) is 6.74. The first-order valence-corrected chi connectivity index (χ1v) is 4.21. The number of esters is 1. The highest BCUT2D eigenvalue weighted by Crippen LogP contribution is 2.05. The van der Waals surface area contributed by atoms with Gasteiger partial charge in [0.15, 0.2) is 5.88 Å². The van der Waals surface area contributed by atoms with Crippen molar-refractivity contribution in [1.29, 1.82) is 0 Å². The van der Waals surface area contributed by atoms with Crippen molar-refractivity contribution in [2.75, 3.05) is 18.5 Å². The molecule has 0 saturated carbocycles. The number of furan rings is 1. The molecule has 0 aliphatic heterocycles. The number of Topliss-reactive ketones (excluding diaryl/α,β-unsaturated/α-hetero) is 1. The Bertz CT molecular complexity index is 305. The third kappa shape index (κ3) is 2.93. The maximum atomic E-state index is 11.0. The monoisotopic (exact) mass is 197 g/mol. The van der Waals surface area contributed by atoms with Crippen LogP contribution >= 0.6 is 0 Å². The highest BCUT2D eigenvalue weighted by Gasteiger charge is 2.14. The number of ketones is 1. The van der Waals surface area contributed by atoms with E-state index < -0.39 is 11.8 Å². The van der Waals surface area contributed by atoms with Crippen molar-refractivity contribution >= 4 is 17.6 Å². The maximum absolute atomic E-state index is 11.0. The molecule has 0 atom stereocenters. The van der Waals surface area contributed by atoms with E-state index in [2.05, 4.69) is 10.1 Å². The van der Waals surface area contributed by atoms with Crippen molar-refractivity contribution in [3.05, 3.63) is 18.4 Å². The lowest BCUT2D eigenvalue weighted by Crippen LogP contribution is -2.24. The lowest BCUT2D eigenvalue weighted by Gasteiger charge is -2.01. The predicted molar refractivity (Wildman–Crippen MR) is 48.8 cm³/mol. The average molecular weight is 197 g/mol. The van der Waals surface area contributed by atoms with E-state index in [1.165, 1.54) is 6.26 Å². The number of nitrogens with one attached hydrogen (secondary N) is 1. The van der Waals surface area contributed by atoms with E-state index in [9.17, 15) is 9.59 Å². The van der Waals surface area contributed by atoms with Gasteiger partial charge in [0.2, 0.25) is 0 Å². The van der Waals surface area contributed by atoms with E-state index in [-0.39, 0.29) is 13.2 Å². The van der Waals surface area contributed by atoms with Gasteiger partial charge in [0.1, 0.15) is 0 Å². The minimum absolute atomic E-state index is 0.119. The fourth-order valence-electron chi connectivity index (χ4n) is 0.830. The second kappa shape index (κ2) is 5.06. The van der Waals surface area contributed by atoms with E-state index >= 15 is 0 Å². The summed E-state index contributed by atoms with van der Waals surface area (Å²) in [7, 11) is 0. The first kappa shape index (κ1) is 10.3. The van der Waals surface area contributed by atoms with Crippen LogP contribution in [0.1, 0.15) is 6.92 Å². The SMILES string of the molecule is CCOC(=O)C(=O)CNc1ccco1. The Balaban J connectivity index is 2.31. The second-order valence-corrected chi connectivity index (χ2v) is 2.47. The van der Waals surface area contributed by atoms with Gasteiger partial charge in [-0.15, -0.1) is 0 Å². The molecule has 1 N–H and O–H groups in total. The maximum Gasteiger partial charge on any atom is 0.376 e. The molecule has 1 aromatic rings. The van der Waals surface area contributed by atoms with Gasteiger partial charge in [-0.1, -0.05) is 0 Å². The molecule has 0 aliphatic rings. The topological polar surface area (TPSA) is 68.5 Å². The van der Waals surface area contributed by atoms with Gasteiger partial charge in [-0.05, 0) is 13.0 Å². The Morgan fingerprint density at radius 2 is 2.36 bits per heavy atom. The Hall–Kier alpha value is -1.78. The van der Waals surface area contributed by atoms with E-state index in [1.54, 1.807) is 19.1 Å². The summed E-state index contributed by atoms with van der Waals surface area (Å²) in [4.78, 5) is 21.9. The van der Waals surface area contributed by atoms with Crippen molar-refractivity contribution in [3.8, 4) is 0 Å². The van der Waals surface area contributed by atoms with Crippen LogP contribution in [0.5, 0.6) is 0 Å². The molecule has 1 aromatic heterocycles. The lowest BCUT2D eigenvalue weighted by atomic mass is 10.4. The number of carbonyl (C=O) groups is 2. The first-order valence-electron chi connectivity index (χ1n) is 4.21. The molecule has 5 heteroatoms. The van der Waals surface area contributed by atoms with E-state index in [1.807, 2.05) is 0 Å². The molecular weight excluding hydrogens is 186 g/mol. The molecule has 0 fully saturated rings. The average Bonchev–Trinajstić information content (AvgIpc) is 2.67. The molecule has 1 heterocycles. The van der Waals surface area contributed by atoms with Crippen LogP contribution in [0.15, 0.2) is 22.8 Å². The third-order valence-corrected chi connectivity index (χ3v) is 1.45. The molecule has 0 aromatic carbocycles. The number of rotatable bonds is 5. The molecule has 14 heavy (non-hydrogen) atoms. The molecule has 0 radical (unpaired) electrons. The summed E-state index contributed by atoms with van der Waals surface area (Å²) in [6.45, 7) is 1.73. The minimum Gasteiger partial charge on any atom is -0.460 e. The lowest BCUT2D eigenvalue weighted by molar-refractivity contribution is -0.152. The second-order valence-electron chi connectivity index (χ2n) is 2.47. The van der Waals surface area contributed by atoms with Crippen LogP contribution in [-0.2, 0) is 14.3 Å². The van der Waals surface area contributed by atoms with Crippen molar-refractivity contribution < 1.29 is 18.7 Å². The number of carbonyl (C=O) groups excluding carboxylic acids is 2. The van der Waals surface area contributed by atoms with Crippen LogP contribution in [0, 0.1) is 0 Å². The van der Waals surface area contributed by atoms with Crippen LogP contribution < -0.4 is 5.32 Å². The summed E-state index contributed by atoms with van der Waals surface area (Å²) in [5.41, 5.74) is 0. The quantitative estimate of drug-likeness (QED) is 0.559. The van der Waals surface area contributed by atoms with Crippen molar-refractivity contribution in [2.45, 2.75) is 6.92 Å². The van der Waals surface area contributed by atoms with Crippen molar-refractivity contribution in [1.82, 2.24) is 0 Å². The van der Waals surface area contributed by atoms with Gasteiger partial charge in [-0.25, -0.2) is 4.79 Å². The van der Waals surface area contributed by atoms with Gasteiger partial charge in [0.25, 0.3) is 5.78 Å². The van der Waals surface area contributed by atoms with Gasteiger partial charge < -0.3 is 14.5 Å². The van der Waals surface area contributed by atoms with Crippen LogP contribution in [0.3, 0.4) is 0 Å². The van der Waals surface area contributed by atoms with Gasteiger partial charge >= 0.3 is 5.97 Å². The zero-order valence-corrected chi connectivity index (χ0v) is 7.78. The Kier molecular flexibility index (Phi) is 3.72. The fraction of sp³-hybridized carbons (Fsp3) is 0.333. The molecule has 0 saturated heterocycles. The largest absolute Gasteiger partial charge is 0.460 e. The fourth-order valence-corrected chi connectivity index (χ4v) is 0.830. The summed E-state index contributed by atoms with van der Waals surface area (Å²) in [5, 5.41) is 2.65. The van der Waals surface area contributed by atoms with E-state index in [0.29, 0.717) is 5.88 Å². The third-order valence-electron chi connectivity index (χ3n) is 1.45. The van der Waals surface area contributed by atoms with Crippen LogP contribution in [0.2, 0.25) is 0 Å². The molecule has 76 valence electrons. The van der Waals surface area contributed by atoms with Crippen LogP contribution in [0.4, 0.5) is 5.88 Å². The van der Waals surface area contributed by atoms with Crippen LogP contribution in [0.25, 0.3) is 0 Å². The zero-order valence-electron chi connectivity index (χ0n) is 7.78. The van der Waals surface area contributed by atoms with Gasteiger partial charge in [0, 0.05) is 6.07 Å². The molecule has 0 bridgehead atoms. The summed E-state index contributed by atoms with van der Waals surface area (Å²) in [6.07, 6.45) is 1.47. The molecular formula is C9H11NO4. The number of hydrogen-bond acceptors (Lipinski definition) is 5. The smallest absolute Gasteiger partial charge is 0.376 e.